The Morgan fingerprint density at radius 2 is 1.67 bits per heavy atom. The molecule has 2 amide bonds. The fraction of sp³-hybridized carbons (Fsp3) is 0.579. The molecule has 0 aromatic heterocycles. The predicted molar refractivity (Wildman–Crippen MR) is 93.8 cm³/mol. The van der Waals surface area contributed by atoms with E-state index in [2.05, 4.69) is 24.5 Å². The molecule has 4 nitrogen and oxygen atoms in total. The lowest BCUT2D eigenvalue weighted by Crippen LogP contribution is -2.31. The first-order valence-electron chi connectivity index (χ1n) is 8.83. The highest BCUT2D eigenvalue weighted by Gasteiger charge is 2.10. The SMILES string of the molecule is CCCC[C@@H](CC)CNC(=O)CCC(=O)NCc1ccc(F)cc1. The highest BCUT2D eigenvalue weighted by Crippen LogP contribution is 2.11. The van der Waals surface area contributed by atoms with Crippen LogP contribution in [0.3, 0.4) is 0 Å². The summed E-state index contributed by atoms with van der Waals surface area (Å²) in [6.07, 6.45) is 4.89. The number of nitrogens with one attached hydrogen (secondary N) is 2. The summed E-state index contributed by atoms with van der Waals surface area (Å²) in [5.74, 6) is -0.0401. The van der Waals surface area contributed by atoms with E-state index in [1.807, 2.05) is 0 Å². The highest BCUT2D eigenvalue weighted by molar-refractivity contribution is 5.83. The van der Waals surface area contributed by atoms with Gasteiger partial charge >= 0.3 is 0 Å². The van der Waals surface area contributed by atoms with E-state index in [0.717, 1.165) is 18.4 Å². The van der Waals surface area contributed by atoms with Crippen LogP contribution in [0, 0.1) is 11.7 Å². The third-order valence-corrected chi connectivity index (χ3v) is 4.11. The van der Waals surface area contributed by atoms with Gasteiger partial charge in [0.05, 0.1) is 0 Å². The minimum atomic E-state index is -0.300. The maximum atomic E-state index is 12.8. The van der Waals surface area contributed by atoms with Crippen LogP contribution in [-0.4, -0.2) is 18.4 Å². The van der Waals surface area contributed by atoms with Gasteiger partial charge in [-0.15, -0.1) is 0 Å². The van der Waals surface area contributed by atoms with Crippen LogP contribution >= 0.6 is 0 Å². The molecule has 1 aromatic carbocycles. The summed E-state index contributed by atoms with van der Waals surface area (Å²) < 4.78 is 12.8. The number of benzene rings is 1. The van der Waals surface area contributed by atoms with Gasteiger partial charge < -0.3 is 10.6 Å². The zero-order valence-electron chi connectivity index (χ0n) is 14.7. The summed E-state index contributed by atoms with van der Waals surface area (Å²) in [6, 6.07) is 5.97. The average molecular weight is 336 g/mol. The van der Waals surface area contributed by atoms with Gasteiger partial charge in [-0.1, -0.05) is 45.2 Å². The van der Waals surface area contributed by atoms with Gasteiger partial charge in [-0.05, 0) is 30.0 Å². The Balaban J connectivity index is 2.18. The molecule has 0 saturated heterocycles. The maximum Gasteiger partial charge on any atom is 0.220 e. The molecule has 0 bridgehead atoms. The zero-order chi connectivity index (χ0) is 17.8. The van der Waals surface area contributed by atoms with Crippen molar-refractivity contribution in [1.29, 1.82) is 0 Å². The van der Waals surface area contributed by atoms with Crippen molar-refractivity contribution in [2.75, 3.05) is 6.54 Å². The van der Waals surface area contributed by atoms with Crippen molar-refractivity contribution in [2.24, 2.45) is 5.92 Å². The highest BCUT2D eigenvalue weighted by atomic mass is 19.1. The van der Waals surface area contributed by atoms with Crippen molar-refractivity contribution in [1.82, 2.24) is 10.6 Å². The standard InChI is InChI=1S/C19H29FN2O2/c1-3-5-6-15(4-2)13-21-18(23)11-12-19(24)22-14-16-7-9-17(20)10-8-16/h7-10,15H,3-6,11-14H2,1-2H3,(H,21,23)(H,22,24)/t15-/m1/s1. The number of rotatable bonds is 11. The Labute approximate surface area is 144 Å². The van der Waals surface area contributed by atoms with Crippen molar-refractivity contribution >= 4 is 11.8 Å². The molecule has 0 unspecified atom stereocenters. The predicted octanol–water partition coefficient (Wildman–Crippen LogP) is 3.55. The summed E-state index contributed by atoms with van der Waals surface area (Å²) in [5.41, 5.74) is 0.830. The number of amides is 2. The first-order valence-corrected chi connectivity index (χ1v) is 8.83. The molecule has 0 spiro atoms. The quantitative estimate of drug-likeness (QED) is 0.649. The number of carbonyl (C=O) groups excluding carboxylic acids is 2. The molecule has 0 radical (unpaired) electrons. The lowest BCUT2D eigenvalue weighted by molar-refractivity contribution is -0.126. The molecular weight excluding hydrogens is 307 g/mol. The molecule has 0 aliphatic carbocycles. The Bertz CT molecular complexity index is 503. The minimum absolute atomic E-state index is 0.0816. The van der Waals surface area contributed by atoms with Gasteiger partial charge in [-0.3, -0.25) is 9.59 Å². The van der Waals surface area contributed by atoms with E-state index in [9.17, 15) is 14.0 Å². The summed E-state index contributed by atoms with van der Waals surface area (Å²) in [6.45, 7) is 5.33. The number of carbonyl (C=O) groups is 2. The molecule has 0 aliphatic heterocycles. The second-order valence-electron chi connectivity index (χ2n) is 6.12. The van der Waals surface area contributed by atoms with E-state index in [0.29, 0.717) is 19.0 Å². The molecule has 5 heteroatoms. The van der Waals surface area contributed by atoms with Crippen LogP contribution in [0.4, 0.5) is 4.39 Å². The van der Waals surface area contributed by atoms with Gasteiger partial charge in [-0.25, -0.2) is 4.39 Å². The van der Waals surface area contributed by atoms with Gasteiger partial charge in [0.15, 0.2) is 0 Å². The second-order valence-corrected chi connectivity index (χ2v) is 6.12. The molecule has 0 aliphatic rings. The van der Waals surface area contributed by atoms with E-state index in [-0.39, 0.29) is 30.5 Å². The second kappa shape index (κ2) is 11.6. The third kappa shape index (κ3) is 8.65. The third-order valence-electron chi connectivity index (χ3n) is 4.11. The van der Waals surface area contributed by atoms with E-state index in [1.54, 1.807) is 12.1 Å². The fourth-order valence-corrected chi connectivity index (χ4v) is 2.41. The summed E-state index contributed by atoms with van der Waals surface area (Å²) in [7, 11) is 0. The molecule has 1 atom stereocenters. The zero-order valence-corrected chi connectivity index (χ0v) is 14.7. The Morgan fingerprint density at radius 3 is 2.25 bits per heavy atom. The average Bonchev–Trinajstić information content (AvgIpc) is 2.59. The molecule has 0 fully saturated rings. The van der Waals surface area contributed by atoms with Crippen LogP contribution < -0.4 is 10.6 Å². The van der Waals surface area contributed by atoms with Crippen molar-refractivity contribution in [3.05, 3.63) is 35.6 Å². The summed E-state index contributed by atoms with van der Waals surface area (Å²) in [5, 5.41) is 5.65. The van der Waals surface area contributed by atoms with E-state index in [4.69, 9.17) is 0 Å². The van der Waals surface area contributed by atoms with Crippen LogP contribution in [0.25, 0.3) is 0 Å². The van der Waals surface area contributed by atoms with Crippen molar-refractivity contribution < 1.29 is 14.0 Å². The first kappa shape index (κ1) is 20.1. The number of halogens is 1. The van der Waals surface area contributed by atoms with Crippen molar-refractivity contribution in [2.45, 2.75) is 58.9 Å². The molecule has 0 heterocycles. The van der Waals surface area contributed by atoms with E-state index >= 15 is 0 Å². The first-order chi connectivity index (χ1) is 11.5. The molecule has 24 heavy (non-hydrogen) atoms. The summed E-state index contributed by atoms with van der Waals surface area (Å²) in [4.78, 5) is 23.6. The monoisotopic (exact) mass is 336 g/mol. The van der Waals surface area contributed by atoms with Gasteiger partial charge in [0.25, 0.3) is 0 Å². The maximum absolute atomic E-state index is 12.8. The number of unbranched alkanes of at least 4 members (excludes halogenated alkanes) is 1. The fourth-order valence-electron chi connectivity index (χ4n) is 2.41. The normalized spacial score (nSPS) is 11.8. The lowest BCUT2D eigenvalue weighted by atomic mass is 9.99. The molecule has 1 rings (SSSR count). The van der Waals surface area contributed by atoms with Crippen LogP contribution in [0.1, 0.15) is 57.9 Å². The molecule has 2 N–H and O–H groups in total. The smallest absolute Gasteiger partial charge is 0.220 e. The molecule has 134 valence electrons. The van der Waals surface area contributed by atoms with Gasteiger partial charge in [-0.2, -0.15) is 0 Å². The van der Waals surface area contributed by atoms with Crippen LogP contribution in [-0.2, 0) is 16.1 Å². The van der Waals surface area contributed by atoms with Crippen LogP contribution in [0.15, 0.2) is 24.3 Å². The van der Waals surface area contributed by atoms with Gasteiger partial charge in [0.2, 0.25) is 11.8 Å². The van der Waals surface area contributed by atoms with Gasteiger partial charge in [0.1, 0.15) is 5.82 Å². The Morgan fingerprint density at radius 1 is 1.04 bits per heavy atom. The van der Waals surface area contributed by atoms with E-state index < -0.39 is 0 Å². The summed E-state index contributed by atoms with van der Waals surface area (Å²) >= 11 is 0. The molecule has 1 aromatic rings. The van der Waals surface area contributed by atoms with Gasteiger partial charge in [0, 0.05) is 25.9 Å². The van der Waals surface area contributed by atoms with Crippen molar-refractivity contribution in [3.63, 3.8) is 0 Å². The molecule has 0 saturated carbocycles. The Kier molecular flexibility index (Phi) is 9.73. The molecular formula is C19H29FN2O2. The number of hydrogen-bond donors (Lipinski definition) is 2. The lowest BCUT2D eigenvalue weighted by Gasteiger charge is -2.15. The van der Waals surface area contributed by atoms with Crippen molar-refractivity contribution in [3.8, 4) is 0 Å². The number of hydrogen-bond acceptors (Lipinski definition) is 2. The van der Waals surface area contributed by atoms with E-state index in [1.165, 1.54) is 25.0 Å². The minimum Gasteiger partial charge on any atom is -0.356 e. The largest absolute Gasteiger partial charge is 0.356 e. The topological polar surface area (TPSA) is 58.2 Å². The van der Waals surface area contributed by atoms with Crippen LogP contribution in [0.2, 0.25) is 0 Å². The van der Waals surface area contributed by atoms with Crippen LogP contribution in [0.5, 0.6) is 0 Å². The Hall–Kier alpha value is -1.91.